The molecule has 0 spiro atoms. The van der Waals surface area contributed by atoms with Crippen molar-refractivity contribution in [3.8, 4) is 0 Å². The van der Waals surface area contributed by atoms with E-state index in [4.69, 9.17) is 10.5 Å². The summed E-state index contributed by atoms with van der Waals surface area (Å²) in [5.74, 6) is -0.106. The number of nitrogens with one attached hydrogen (secondary N) is 3. The van der Waals surface area contributed by atoms with E-state index in [9.17, 15) is 32.7 Å². The van der Waals surface area contributed by atoms with E-state index >= 15 is 0 Å². The number of hydrogen-bond donors (Lipinski definition) is 5. The number of carboxylic acids is 1. The van der Waals surface area contributed by atoms with Crippen LogP contribution in [0.3, 0.4) is 0 Å². The first-order chi connectivity index (χ1) is 17.4. The lowest BCUT2D eigenvalue weighted by molar-refractivity contribution is -0.156. The van der Waals surface area contributed by atoms with Crippen molar-refractivity contribution < 1.29 is 37.5 Å². The van der Waals surface area contributed by atoms with Crippen molar-refractivity contribution in [1.82, 2.24) is 16.0 Å². The third-order valence-electron chi connectivity index (χ3n) is 6.96. The third-order valence-corrected chi connectivity index (χ3v) is 6.96. The van der Waals surface area contributed by atoms with Crippen LogP contribution in [0, 0.1) is 11.8 Å². The smallest absolute Gasteiger partial charge is 0.446 e. The van der Waals surface area contributed by atoms with E-state index in [1.54, 1.807) is 0 Å². The molecule has 0 saturated heterocycles. The zero-order valence-electron chi connectivity index (χ0n) is 21.7. The molecule has 2 rings (SSSR count). The Morgan fingerprint density at radius 1 is 0.973 bits per heavy atom. The Bertz CT molecular complexity index is 709. The lowest BCUT2D eigenvalue weighted by atomic mass is 9.84. The number of alkyl halides is 3. The second-order valence-electron chi connectivity index (χ2n) is 10.2. The highest BCUT2D eigenvalue weighted by molar-refractivity contribution is 5.88. The second kappa shape index (κ2) is 17.2. The Labute approximate surface area is 216 Å². The highest BCUT2D eigenvalue weighted by atomic mass is 19.4. The van der Waals surface area contributed by atoms with Crippen LogP contribution in [0.1, 0.15) is 90.4 Å². The van der Waals surface area contributed by atoms with Crippen LogP contribution in [0.4, 0.5) is 18.0 Å². The maximum atomic E-state index is 13.0. The van der Waals surface area contributed by atoms with Gasteiger partial charge in [-0.3, -0.25) is 9.59 Å². The molecule has 9 nitrogen and oxygen atoms in total. The monoisotopic (exact) mass is 536 g/mol. The van der Waals surface area contributed by atoms with E-state index in [1.165, 1.54) is 6.42 Å². The van der Waals surface area contributed by atoms with Crippen molar-refractivity contribution in [2.24, 2.45) is 17.6 Å². The number of hydrogen-bond acceptors (Lipinski definition) is 5. The number of carboxylic acid groups (broad SMARTS) is 1. The van der Waals surface area contributed by atoms with Gasteiger partial charge >= 0.3 is 18.2 Å². The molecular formula is C25H43F3N4O5. The van der Waals surface area contributed by atoms with Crippen LogP contribution in [0.15, 0.2) is 0 Å². The number of carbonyl (C=O) groups is 4. The molecule has 0 aromatic heterocycles. The van der Waals surface area contributed by atoms with Gasteiger partial charge in [-0.1, -0.05) is 39.0 Å². The van der Waals surface area contributed by atoms with E-state index in [1.807, 2.05) is 0 Å². The molecule has 0 bridgehead atoms. The van der Waals surface area contributed by atoms with Gasteiger partial charge in [0.25, 0.3) is 0 Å². The summed E-state index contributed by atoms with van der Waals surface area (Å²) >= 11 is 0. The third kappa shape index (κ3) is 14.8. The summed E-state index contributed by atoms with van der Waals surface area (Å²) < 4.78 is 31.2. The van der Waals surface area contributed by atoms with E-state index in [0.29, 0.717) is 44.1 Å². The van der Waals surface area contributed by atoms with Crippen molar-refractivity contribution in [3.63, 3.8) is 0 Å². The van der Waals surface area contributed by atoms with Crippen LogP contribution in [-0.2, 0) is 14.4 Å². The standard InChI is InChI=1S/C23H42N4O4.C2HF3O/c1-16-10-12-18(13-11-16)25-21(28)20(15-17-7-3-2-4-8-17)27-23(31)26-19(22(29)30)9-5-6-14-24;3-2(4,5)1-6/h16-20H,2-15,24H2,1H3,(H,25,28)(H,29,30)(H2,26,27,31);1H/t16?,18?,19-,20+;/m0./s1. The van der Waals surface area contributed by atoms with Gasteiger partial charge in [0.1, 0.15) is 12.1 Å². The number of carbonyl (C=O) groups excluding carboxylic acids is 3. The molecule has 3 amide bonds. The number of unbranched alkanes of at least 4 members (excludes halogenated alkanes) is 1. The molecule has 0 heterocycles. The molecule has 2 fully saturated rings. The lowest BCUT2D eigenvalue weighted by Crippen LogP contribution is -2.55. The van der Waals surface area contributed by atoms with Crippen molar-refractivity contribution in [2.45, 2.75) is 115 Å². The zero-order chi connectivity index (χ0) is 27.8. The minimum atomic E-state index is -4.64. The van der Waals surface area contributed by atoms with Gasteiger partial charge in [0.2, 0.25) is 12.2 Å². The fraction of sp³-hybridized carbons (Fsp3) is 0.840. The van der Waals surface area contributed by atoms with E-state index in [0.717, 1.165) is 51.4 Å². The van der Waals surface area contributed by atoms with Gasteiger partial charge in [-0.05, 0) is 69.7 Å². The zero-order valence-corrected chi connectivity index (χ0v) is 21.7. The molecule has 0 aliphatic heterocycles. The minimum Gasteiger partial charge on any atom is -0.480 e. The molecule has 6 N–H and O–H groups in total. The number of rotatable bonds is 11. The van der Waals surface area contributed by atoms with Gasteiger partial charge in [0.05, 0.1) is 0 Å². The summed E-state index contributed by atoms with van der Waals surface area (Å²) in [5.41, 5.74) is 5.47. The van der Waals surface area contributed by atoms with Crippen molar-refractivity contribution in [1.29, 1.82) is 0 Å². The second-order valence-corrected chi connectivity index (χ2v) is 10.2. The number of urea groups is 1. The van der Waals surface area contributed by atoms with Gasteiger partial charge in [0, 0.05) is 6.04 Å². The Balaban J connectivity index is 0.00000102. The Kier molecular flexibility index (Phi) is 15.2. The first-order valence-electron chi connectivity index (χ1n) is 13.3. The SMILES string of the molecule is CC1CCC(NC(=O)[C@@H](CC2CCCCC2)NC(=O)N[C@@H](CCCCN)C(=O)O)CC1.O=CC(F)(F)F. The topological polar surface area (TPSA) is 151 Å². The maximum absolute atomic E-state index is 13.0. The van der Waals surface area contributed by atoms with Crippen LogP contribution in [-0.4, -0.2) is 60.1 Å². The Hall–Kier alpha value is -2.37. The average molecular weight is 537 g/mol. The Morgan fingerprint density at radius 2 is 1.54 bits per heavy atom. The normalized spacial score (nSPS) is 22.0. The number of halogens is 3. The highest BCUT2D eigenvalue weighted by Crippen LogP contribution is 2.28. The first kappa shape index (κ1) is 32.7. The summed E-state index contributed by atoms with van der Waals surface area (Å²) in [6, 6.07) is -2.05. The van der Waals surface area contributed by atoms with Gasteiger partial charge in [-0.15, -0.1) is 0 Å². The summed E-state index contributed by atoms with van der Waals surface area (Å²) in [6.07, 6.45) is 6.40. The Morgan fingerprint density at radius 3 is 2.05 bits per heavy atom. The molecule has 2 aliphatic carbocycles. The molecule has 12 heteroatoms. The van der Waals surface area contributed by atoms with Crippen molar-refractivity contribution in [3.05, 3.63) is 0 Å². The van der Waals surface area contributed by atoms with Gasteiger partial charge in [0.15, 0.2) is 0 Å². The van der Waals surface area contributed by atoms with Crippen LogP contribution < -0.4 is 21.7 Å². The van der Waals surface area contributed by atoms with Crippen LogP contribution in [0.25, 0.3) is 0 Å². The maximum Gasteiger partial charge on any atom is 0.446 e. The predicted octanol–water partition coefficient (Wildman–Crippen LogP) is 3.65. The number of nitrogens with two attached hydrogens (primary N) is 1. The number of amides is 3. The van der Waals surface area contributed by atoms with Gasteiger partial charge in [-0.2, -0.15) is 13.2 Å². The van der Waals surface area contributed by atoms with Crippen molar-refractivity contribution >= 4 is 24.2 Å². The molecule has 37 heavy (non-hydrogen) atoms. The van der Waals surface area contributed by atoms with E-state index < -0.39 is 36.5 Å². The molecule has 0 aromatic carbocycles. The van der Waals surface area contributed by atoms with Crippen LogP contribution in [0.2, 0.25) is 0 Å². The quantitative estimate of drug-likeness (QED) is 0.201. The summed E-state index contributed by atoms with van der Waals surface area (Å²) in [4.78, 5) is 45.8. The predicted molar refractivity (Wildman–Crippen MR) is 133 cm³/mol. The molecule has 0 unspecified atom stereocenters. The van der Waals surface area contributed by atoms with Gasteiger partial charge in [-0.25, -0.2) is 9.59 Å². The number of aldehydes is 1. The van der Waals surface area contributed by atoms with E-state index in [2.05, 4.69) is 22.9 Å². The summed E-state index contributed by atoms with van der Waals surface area (Å²) in [5, 5.41) is 17.9. The lowest BCUT2D eigenvalue weighted by Gasteiger charge is -2.31. The van der Waals surface area contributed by atoms with Crippen LogP contribution >= 0.6 is 0 Å². The fourth-order valence-corrected chi connectivity index (χ4v) is 4.80. The molecule has 2 aliphatic rings. The van der Waals surface area contributed by atoms with Crippen molar-refractivity contribution in [2.75, 3.05) is 6.54 Å². The fourth-order valence-electron chi connectivity index (χ4n) is 4.80. The molecule has 214 valence electrons. The van der Waals surface area contributed by atoms with Crippen LogP contribution in [0.5, 0.6) is 0 Å². The minimum absolute atomic E-state index is 0.143. The summed E-state index contributed by atoms with van der Waals surface area (Å²) in [7, 11) is 0. The van der Waals surface area contributed by atoms with Gasteiger partial charge < -0.3 is 26.8 Å². The average Bonchev–Trinajstić information content (AvgIpc) is 2.85. The number of aliphatic carboxylic acids is 1. The molecule has 2 atom stereocenters. The van der Waals surface area contributed by atoms with E-state index in [-0.39, 0.29) is 11.9 Å². The molecule has 0 aromatic rings. The largest absolute Gasteiger partial charge is 0.480 e. The summed E-state index contributed by atoms with van der Waals surface area (Å²) in [6.45, 7) is 2.73. The first-order valence-corrected chi connectivity index (χ1v) is 13.3. The molecule has 0 radical (unpaired) electrons. The highest BCUT2D eigenvalue weighted by Gasteiger charge is 2.30. The molecule has 2 saturated carbocycles. The molecular weight excluding hydrogens is 493 g/mol.